The third kappa shape index (κ3) is 3.87. The van der Waals surface area contributed by atoms with E-state index in [4.69, 9.17) is 0 Å². The van der Waals surface area contributed by atoms with E-state index in [1.807, 2.05) is 24.4 Å². The lowest BCUT2D eigenvalue weighted by Crippen LogP contribution is -2.43. The van der Waals surface area contributed by atoms with E-state index in [0.717, 1.165) is 44.7 Å². The number of hydrogen-bond donors (Lipinski definition) is 1. The average Bonchev–Trinajstić information content (AvgIpc) is 2.61. The molecule has 2 heterocycles. The summed E-state index contributed by atoms with van der Waals surface area (Å²) in [6.45, 7) is 2.51. The molecule has 1 amide bonds. The number of piperidine rings is 1. The van der Waals surface area contributed by atoms with Crippen LogP contribution in [0.25, 0.3) is 0 Å². The predicted octanol–water partition coefficient (Wildman–Crippen LogP) is 2.91. The summed E-state index contributed by atoms with van der Waals surface area (Å²) in [5.74, 6) is 1.27. The molecule has 118 valence electrons. The van der Waals surface area contributed by atoms with Crippen LogP contribution in [0.3, 0.4) is 0 Å². The van der Waals surface area contributed by atoms with Crippen molar-refractivity contribution < 1.29 is 4.79 Å². The maximum Gasteiger partial charge on any atom is 0.225 e. The van der Waals surface area contributed by atoms with E-state index in [2.05, 4.69) is 21.3 Å². The van der Waals surface area contributed by atoms with E-state index in [1.54, 1.807) is 0 Å². The van der Waals surface area contributed by atoms with Gasteiger partial charge in [0.05, 0.1) is 5.92 Å². The lowest BCUT2D eigenvalue weighted by atomic mass is 9.96. The van der Waals surface area contributed by atoms with E-state index >= 15 is 0 Å². The molecule has 0 aromatic carbocycles. The number of allylic oxidation sites excluding steroid dienone is 1. The van der Waals surface area contributed by atoms with Crippen LogP contribution in [0.1, 0.15) is 38.5 Å². The number of amides is 1. The summed E-state index contributed by atoms with van der Waals surface area (Å²) < 4.78 is 0. The minimum Gasteiger partial charge on any atom is -0.356 e. The molecule has 4 heteroatoms. The molecular formula is C18H25N3O. The van der Waals surface area contributed by atoms with Gasteiger partial charge in [-0.05, 0) is 50.7 Å². The van der Waals surface area contributed by atoms with Crippen LogP contribution < -0.4 is 10.2 Å². The molecule has 1 saturated heterocycles. The Labute approximate surface area is 132 Å². The molecule has 1 N–H and O–H groups in total. The van der Waals surface area contributed by atoms with Crippen LogP contribution in [0, 0.1) is 5.92 Å². The summed E-state index contributed by atoms with van der Waals surface area (Å²) in [6.07, 6.45) is 11.0. The van der Waals surface area contributed by atoms with Crippen molar-refractivity contribution in [2.24, 2.45) is 5.92 Å². The van der Waals surface area contributed by atoms with Crippen LogP contribution in [-0.2, 0) is 4.79 Å². The molecule has 1 aliphatic carbocycles. The van der Waals surface area contributed by atoms with Crippen LogP contribution in [0.2, 0.25) is 0 Å². The molecule has 0 bridgehead atoms. The summed E-state index contributed by atoms with van der Waals surface area (Å²) in [6, 6.07) is 5.95. The molecule has 2 aliphatic rings. The molecule has 22 heavy (non-hydrogen) atoms. The third-order valence-corrected chi connectivity index (χ3v) is 4.64. The molecule has 0 unspecified atom stereocenters. The van der Waals surface area contributed by atoms with Crippen molar-refractivity contribution in [3.05, 3.63) is 36.0 Å². The zero-order chi connectivity index (χ0) is 15.2. The number of nitrogens with zero attached hydrogens (tertiary/aromatic N) is 2. The van der Waals surface area contributed by atoms with E-state index in [-0.39, 0.29) is 11.8 Å². The Morgan fingerprint density at radius 2 is 2.27 bits per heavy atom. The van der Waals surface area contributed by atoms with Crippen molar-refractivity contribution in [2.75, 3.05) is 24.5 Å². The van der Waals surface area contributed by atoms with Gasteiger partial charge in [-0.15, -0.1) is 0 Å². The molecule has 1 atom stereocenters. The number of pyridine rings is 1. The smallest absolute Gasteiger partial charge is 0.225 e. The van der Waals surface area contributed by atoms with Crippen molar-refractivity contribution in [1.82, 2.24) is 10.3 Å². The molecule has 0 saturated carbocycles. The number of rotatable bonds is 4. The Morgan fingerprint density at radius 3 is 3.05 bits per heavy atom. The minimum atomic E-state index is 0.0833. The summed E-state index contributed by atoms with van der Waals surface area (Å²) in [4.78, 5) is 19.1. The van der Waals surface area contributed by atoms with Crippen LogP contribution in [0.4, 0.5) is 5.82 Å². The highest BCUT2D eigenvalue weighted by Crippen LogP contribution is 2.22. The molecule has 1 fully saturated rings. The summed E-state index contributed by atoms with van der Waals surface area (Å²) in [7, 11) is 0. The second-order valence-electron chi connectivity index (χ2n) is 6.30. The third-order valence-electron chi connectivity index (χ3n) is 4.64. The molecule has 0 spiro atoms. The largest absolute Gasteiger partial charge is 0.356 e. The van der Waals surface area contributed by atoms with Crippen molar-refractivity contribution in [3.8, 4) is 0 Å². The Bertz CT molecular complexity index is 526. The molecule has 1 aromatic rings. The first-order chi connectivity index (χ1) is 10.8. The van der Waals surface area contributed by atoms with Gasteiger partial charge in [0.1, 0.15) is 5.82 Å². The van der Waals surface area contributed by atoms with E-state index < -0.39 is 0 Å². The fourth-order valence-corrected chi connectivity index (χ4v) is 3.35. The van der Waals surface area contributed by atoms with Gasteiger partial charge in [-0.25, -0.2) is 4.98 Å². The number of hydrogen-bond acceptors (Lipinski definition) is 3. The highest BCUT2D eigenvalue weighted by Gasteiger charge is 2.26. The first-order valence-corrected chi connectivity index (χ1v) is 8.44. The number of anilines is 1. The van der Waals surface area contributed by atoms with Crippen molar-refractivity contribution >= 4 is 11.7 Å². The quantitative estimate of drug-likeness (QED) is 0.870. The van der Waals surface area contributed by atoms with Gasteiger partial charge in [0.2, 0.25) is 5.91 Å². The van der Waals surface area contributed by atoms with E-state index in [0.29, 0.717) is 0 Å². The van der Waals surface area contributed by atoms with Crippen molar-refractivity contribution in [1.29, 1.82) is 0 Å². The van der Waals surface area contributed by atoms with Gasteiger partial charge in [0.15, 0.2) is 0 Å². The minimum absolute atomic E-state index is 0.0833. The standard InChI is InChI=1S/C18H25N3O/c22-18(20-13-15-7-2-1-3-8-15)16-9-6-12-21(14-16)17-10-4-5-11-19-17/h4-5,7,10-11,16H,1-3,6,8-9,12-14H2,(H,20,22)/t16-/m0/s1. The maximum atomic E-state index is 12.4. The zero-order valence-electron chi connectivity index (χ0n) is 13.1. The van der Waals surface area contributed by atoms with Crippen molar-refractivity contribution in [3.63, 3.8) is 0 Å². The molecule has 0 radical (unpaired) electrons. The first kappa shape index (κ1) is 15.1. The second-order valence-corrected chi connectivity index (χ2v) is 6.30. The van der Waals surface area contributed by atoms with Gasteiger partial charge < -0.3 is 10.2 Å². The van der Waals surface area contributed by atoms with Gasteiger partial charge in [-0.3, -0.25) is 4.79 Å². The fourth-order valence-electron chi connectivity index (χ4n) is 3.35. The highest BCUT2D eigenvalue weighted by atomic mass is 16.1. The lowest BCUT2D eigenvalue weighted by molar-refractivity contribution is -0.125. The molecule has 3 rings (SSSR count). The van der Waals surface area contributed by atoms with Gasteiger partial charge >= 0.3 is 0 Å². The van der Waals surface area contributed by atoms with Gasteiger partial charge in [0.25, 0.3) is 0 Å². The van der Waals surface area contributed by atoms with Crippen molar-refractivity contribution in [2.45, 2.75) is 38.5 Å². The van der Waals surface area contributed by atoms with E-state index in [1.165, 1.54) is 24.8 Å². The van der Waals surface area contributed by atoms with Crippen LogP contribution in [0.15, 0.2) is 36.0 Å². The number of aromatic nitrogens is 1. The molecule has 1 aromatic heterocycles. The van der Waals surface area contributed by atoms with Crippen LogP contribution >= 0.6 is 0 Å². The normalized spacial score (nSPS) is 22.1. The molecule has 4 nitrogen and oxygen atoms in total. The summed E-state index contributed by atoms with van der Waals surface area (Å²) in [5, 5.41) is 3.14. The van der Waals surface area contributed by atoms with Crippen LogP contribution in [0.5, 0.6) is 0 Å². The molecular weight excluding hydrogens is 274 g/mol. The molecule has 1 aliphatic heterocycles. The average molecular weight is 299 g/mol. The monoisotopic (exact) mass is 299 g/mol. The van der Waals surface area contributed by atoms with Gasteiger partial charge in [-0.2, -0.15) is 0 Å². The summed E-state index contributed by atoms with van der Waals surface area (Å²) in [5.41, 5.74) is 1.40. The first-order valence-electron chi connectivity index (χ1n) is 8.44. The predicted molar refractivity (Wildman–Crippen MR) is 88.7 cm³/mol. The topological polar surface area (TPSA) is 45.2 Å². The lowest BCUT2D eigenvalue weighted by Gasteiger charge is -2.33. The van der Waals surface area contributed by atoms with Gasteiger partial charge in [0, 0.05) is 25.8 Å². The number of carbonyl (C=O) groups excluding carboxylic acids is 1. The Morgan fingerprint density at radius 1 is 1.32 bits per heavy atom. The summed E-state index contributed by atoms with van der Waals surface area (Å²) >= 11 is 0. The Hall–Kier alpha value is -1.84. The van der Waals surface area contributed by atoms with Gasteiger partial charge in [-0.1, -0.05) is 17.7 Å². The Balaban J connectivity index is 1.53. The Kier molecular flexibility index (Phi) is 5.09. The number of carbonyl (C=O) groups is 1. The van der Waals surface area contributed by atoms with E-state index in [9.17, 15) is 4.79 Å². The highest BCUT2D eigenvalue weighted by molar-refractivity contribution is 5.79. The second kappa shape index (κ2) is 7.43. The SMILES string of the molecule is O=C(NCC1=CCCCC1)[C@H]1CCCN(c2ccccn2)C1. The zero-order valence-corrected chi connectivity index (χ0v) is 13.1. The maximum absolute atomic E-state index is 12.4. The number of nitrogens with one attached hydrogen (secondary N) is 1. The van der Waals surface area contributed by atoms with Crippen LogP contribution in [-0.4, -0.2) is 30.5 Å². The fraction of sp³-hybridized carbons (Fsp3) is 0.556.